The number of para-hydroxylation sites is 1. The fourth-order valence-corrected chi connectivity index (χ4v) is 3.35. The Bertz CT molecular complexity index is 591. The van der Waals surface area contributed by atoms with Crippen molar-refractivity contribution in [1.29, 1.82) is 0 Å². The SMILES string of the molecule is O=C(O)C1(Cc2ccsc2)CCOc2ccccc21. The number of benzene rings is 1. The number of aliphatic carboxylic acids is 1. The van der Waals surface area contributed by atoms with Crippen LogP contribution >= 0.6 is 11.3 Å². The average Bonchev–Trinajstić information content (AvgIpc) is 2.91. The van der Waals surface area contributed by atoms with Crippen molar-refractivity contribution >= 4 is 17.3 Å². The molecule has 1 aliphatic heterocycles. The molecule has 3 rings (SSSR count). The van der Waals surface area contributed by atoms with Gasteiger partial charge in [-0.15, -0.1) is 0 Å². The Morgan fingerprint density at radius 1 is 1.37 bits per heavy atom. The van der Waals surface area contributed by atoms with Crippen LogP contribution in [0.1, 0.15) is 17.5 Å². The van der Waals surface area contributed by atoms with Crippen LogP contribution in [0.4, 0.5) is 0 Å². The van der Waals surface area contributed by atoms with Crippen LogP contribution in [0.25, 0.3) is 0 Å². The third-order valence-electron chi connectivity index (χ3n) is 3.68. The summed E-state index contributed by atoms with van der Waals surface area (Å²) < 4.78 is 5.59. The van der Waals surface area contributed by atoms with Crippen molar-refractivity contribution in [3.63, 3.8) is 0 Å². The molecule has 2 heterocycles. The molecule has 2 aromatic rings. The highest BCUT2D eigenvalue weighted by Crippen LogP contribution is 2.41. The summed E-state index contributed by atoms with van der Waals surface area (Å²) in [4.78, 5) is 11.9. The van der Waals surface area contributed by atoms with Crippen molar-refractivity contribution in [2.24, 2.45) is 0 Å². The molecule has 0 fully saturated rings. The molecule has 0 amide bonds. The number of carboxylic acids is 1. The standard InChI is InChI=1S/C15H14O3S/c16-14(17)15(9-11-5-8-19-10-11)6-7-18-13-4-2-1-3-12(13)15/h1-5,8,10H,6-7,9H2,(H,16,17). The van der Waals surface area contributed by atoms with Crippen molar-refractivity contribution in [2.75, 3.05) is 6.61 Å². The maximum absolute atomic E-state index is 11.9. The molecule has 4 heteroatoms. The quantitative estimate of drug-likeness (QED) is 0.935. The number of hydrogen-bond acceptors (Lipinski definition) is 3. The number of hydrogen-bond donors (Lipinski definition) is 1. The minimum absolute atomic E-state index is 0.452. The molecule has 1 atom stereocenters. The third kappa shape index (κ3) is 2.02. The summed E-state index contributed by atoms with van der Waals surface area (Å²) in [6.07, 6.45) is 1.03. The third-order valence-corrected chi connectivity index (χ3v) is 4.42. The molecule has 0 radical (unpaired) electrons. The first-order valence-electron chi connectivity index (χ1n) is 6.19. The zero-order chi connectivity index (χ0) is 13.3. The highest BCUT2D eigenvalue weighted by Gasteiger charge is 2.44. The molecule has 19 heavy (non-hydrogen) atoms. The van der Waals surface area contributed by atoms with E-state index < -0.39 is 11.4 Å². The zero-order valence-electron chi connectivity index (χ0n) is 10.3. The van der Waals surface area contributed by atoms with E-state index in [9.17, 15) is 9.90 Å². The molecule has 1 N–H and O–H groups in total. The molecule has 3 nitrogen and oxygen atoms in total. The second-order valence-electron chi connectivity index (χ2n) is 4.79. The first-order chi connectivity index (χ1) is 9.22. The highest BCUT2D eigenvalue weighted by molar-refractivity contribution is 7.07. The predicted octanol–water partition coefficient (Wildman–Crippen LogP) is 3.10. The van der Waals surface area contributed by atoms with Crippen molar-refractivity contribution < 1.29 is 14.6 Å². The second kappa shape index (κ2) is 4.70. The maximum atomic E-state index is 11.9. The van der Waals surface area contributed by atoms with Gasteiger partial charge in [-0.3, -0.25) is 4.79 Å². The Morgan fingerprint density at radius 2 is 2.21 bits per heavy atom. The molecule has 0 spiro atoms. The number of carboxylic acid groups (broad SMARTS) is 1. The van der Waals surface area contributed by atoms with Crippen molar-refractivity contribution in [3.05, 3.63) is 52.2 Å². The van der Waals surface area contributed by atoms with Crippen molar-refractivity contribution in [2.45, 2.75) is 18.3 Å². The van der Waals surface area contributed by atoms with Crippen molar-refractivity contribution in [1.82, 2.24) is 0 Å². The molecule has 1 aromatic heterocycles. The lowest BCUT2D eigenvalue weighted by Crippen LogP contribution is -2.42. The van der Waals surface area contributed by atoms with Crippen LogP contribution in [0.2, 0.25) is 0 Å². The Labute approximate surface area is 115 Å². The summed E-state index contributed by atoms with van der Waals surface area (Å²) in [6, 6.07) is 9.46. The van der Waals surface area contributed by atoms with Crippen molar-refractivity contribution in [3.8, 4) is 5.75 Å². The van der Waals surface area contributed by atoms with Crippen LogP contribution in [-0.4, -0.2) is 17.7 Å². The van der Waals surface area contributed by atoms with E-state index >= 15 is 0 Å². The average molecular weight is 274 g/mol. The molecule has 98 valence electrons. The van der Waals surface area contributed by atoms with Gasteiger partial charge in [0.1, 0.15) is 11.2 Å². The van der Waals surface area contributed by atoms with Crippen LogP contribution in [-0.2, 0) is 16.6 Å². The fourth-order valence-electron chi connectivity index (χ4n) is 2.68. The Kier molecular flexibility index (Phi) is 3.03. The Morgan fingerprint density at radius 3 is 2.95 bits per heavy atom. The maximum Gasteiger partial charge on any atom is 0.314 e. The summed E-state index contributed by atoms with van der Waals surface area (Å²) in [5.41, 5.74) is 1.000. The normalized spacial score (nSPS) is 21.5. The highest BCUT2D eigenvalue weighted by atomic mass is 32.1. The van der Waals surface area contributed by atoms with E-state index in [0.29, 0.717) is 25.2 Å². The Balaban J connectivity index is 2.09. The molecule has 0 saturated carbocycles. The smallest absolute Gasteiger partial charge is 0.314 e. The number of carbonyl (C=O) groups is 1. The first kappa shape index (κ1) is 12.2. The molecule has 0 aliphatic carbocycles. The number of thiophene rings is 1. The molecule has 1 aliphatic rings. The molecular formula is C15H14O3S. The van der Waals surface area contributed by atoms with E-state index in [1.165, 1.54) is 0 Å². The lowest BCUT2D eigenvalue weighted by molar-refractivity contribution is -0.145. The van der Waals surface area contributed by atoms with Crippen LogP contribution in [0.5, 0.6) is 5.75 Å². The monoisotopic (exact) mass is 274 g/mol. The van der Waals surface area contributed by atoms with Gasteiger partial charge in [-0.2, -0.15) is 11.3 Å². The van der Waals surface area contributed by atoms with Crippen LogP contribution < -0.4 is 4.74 Å². The number of ether oxygens (including phenoxy) is 1. The van der Waals surface area contributed by atoms with Gasteiger partial charge in [0.2, 0.25) is 0 Å². The van der Waals surface area contributed by atoms with Crippen LogP contribution in [0, 0.1) is 0 Å². The Hall–Kier alpha value is -1.81. The molecule has 1 unspecified atom stereocenters. The van der Waals surface area contributed by atoms with E-state index in [1.807, 2.05) is 41.1 Å². The number of rotatable bonds is 3. The van der Waals surface area contributed by atoms with Gasteiger partial charge < -0.3 is 9.84 Å². The van der Waals surface area contributed by atoms with Gasteiger partial charge in [-0.25, -0.2) is 0 Å². The fraction of sp³-hybridized carbons (Fsp3) is 0.267. The van der Waals surface area contributed by atoms with Gasteiger partial charge >= 0.3 is 5.97 Å². The summed E-state index contributed by atoms with van der Waals surface area (Å²) in [5, 5.41) is 13.8. The van der Waals surface area contributed by atoms with Crippen LogP contribution in [0.3, 0.4) is 0 Å². The lowest BCUT2D eigenvalue weighted by Gasteiger charge is -2.35. The molecule has 0 saturated heterocycles. The lowest BCUT2D eigenvalue weighted by atomic mass is 9.72. The largest absolute Gasteiger partial charge is 0.493 e. The second-order valence-corrected chi connectivity index (χ2v) is 5.57. The van der Waals surface area contributed by atoms with Gasteiger partial charge in [-0.05, 0) is 34.9 Å². The molecule has 0 bridgehead atoms. The molecular weight excluding hydrogens is 260 g/mol. The zero-order valence-corrected chi connectivity index (χ0v) is 11.2. The van der Waals surface area contributed by atoms with Crippen LogP contribution in [0.15, 0.2) is 41.1 Å². The summed E-state index contributed by atoms with van der Waals surface area (Å²) in [7, 11) is 0. The van der Waals surface area contributed by atoms with E-state index in [-0.39, 0.29) is 0 Å². The van der Waals surface area contributed by atoms with E-state index in [0.717, 1.165) is 11.1 Å². The predicted molar refractivity (Wildman–Crippen MR) is 73.9 cm³/mol. The number of fused-ring (bicyclic) bond motifs is 1. The van der Waals surface area contributed by atoms with Gasteiger partial charge in [0.25, 0.3) is 0 Å². The van der Waals surface area contributed by atoms with Gasteiger partial charge in [0.05, 0.1) is 6.61 Å². The van der Waals surface area contributed by atoms with Gasteiger partial charge in [0, 0.05) is 12.0 Å². The van der Waals surface area contributed by atoms with E-state index in [2.05, 4.69) is 0 Å². The van der Waals surface area contributed by atoms with Gasteiger partial charge in [-0.1, -0.05) is 18.2 Å². The van der Waals surface area contributed by atoms with E-state index in [4.69, 9.17) is 4.74 Å². The minimum Gasteiger partial charge on any atom is -0.493 e. The first-order valence-corrected chi connectivity index (χ1v) is 7.13. The van der Waals surface area contributed by atoms with E-state index in [1.54, 1.807) is 11.3 Å². The minimum atomic E-state index is -0.865. The topological polar surface area (TPSA) is 46.5 Å². The summed E-state index contributed by atoms with van der Waals surface area (Å²) in [5.74, 6) is -0.0687. The summed E-state index contributed by atoms with van der Waals surface area (Å²) >= 11 is 1.60. The van der Waals surface area contributed by atoms with Gasteiger partial charge in [0.15, 0.2) is 0 Å². The summed E-state index contributed by atoms with van der Waals surface area (Å²) in [6.45, 7) is 0.452. The molecule has 1 aromatic carbocycles.